The van der Waals surface area contributed by atoms with E-state index in [1.54, 1.807) is 48.3 Å². The molecule has 0 bridgehead atoms. The van der Waals surface area contributed by atoms with E-state index in [-0.39, 0.29) is 4.90 Å². The number of hydrogen-bond donors (Lipinski definition) is 0. The second kappa shape index (κ2) is 4.78. The van der Waals surface area contributed by atoms with Gasteiger partial charge in [-0.15, -0.1) is 0 Å². The first-order chi connectivity index (χ1) is 8.47. The molecule has 2 aromatic rings. The van der Waals surface area contributed by atoms with Crippen LogP contribution in [0.15, 0.2) is 53.7 Å². The van der Waals surface area contributed by atoms with Crippen LogP contribution in [0.2, 0.25) is 0 Å². The van der Waals surface area contributed by atoms with E-state index in [0.717, 1.165) is 5.56 Å². The lowest BCUT2D eigenvalue weighted by Crippen LogP contribution is -2.26. The van der Waals surface area contributed by atoms with E-state index in [4.69, 9.17) is 4.18 Å². The molecule has 1 heterocycles. The van der Waals surface area contributed by atoms with Crippen molar-refractivity contribution in [1.82, 2.24) is 0 Å². The summed E-state index contributed by atoms with van der Waals surface area (Å²) in [5, 5.41) is 0. The highest BCUT2D eigenvalue weighted by Crippen LogP contribution is 2.17. The number of nitrogens with zero attached hydrogens (tertiary/aromatic N) is 1. The molecule has 0 unspecified atom stereocenters. The standard InChI is InChI=1S/C13H14NO3S/c1-11-5-7-13(8-6-11)18(15,16)17-12-4-3-9-14(2)10-12/h3-10H,1-2H3/q+1. The molecule has 0 aliphatic carbocycles. The van der Waals surface area contributed by atoms with Crippen LogP contribution in [0.3, 0.4) is 0 Å². The van der Waals surface area contributed by atoms with Crippen molar-refractivity contribution < 1.29 is 17.2 Å². The fourth-order valence-electron chi connectivity index (χ4n) is 1.49. The Morgan fingerprint density at radius 2 is 1.78 bits per heavy atom. The molecule has 5 heteroatoms. The van der Waals surface area contributed by atoms with E-state index in [1.165, 1.54) is 12.1 Å². The van der Waals surface area contributed by atoms with Crippen LogP contribution in [0, 0.1) is 6.92 Å². The molecule has 1 aromatic heterocycles. The SMILES string of the molecule is Cc1ccc(S(=O)(=O)Oc2ccc[n+](C)c2)cc1. The van der Waals surface area contributed by atoms with Gasteiger partial charge in [0.25, 0.3) is 0 Å². The number of rotatable bonds is 3. The first kappa shape index (κ1) is 12.6. The lowest BCUT2D eigenvalue weighted by molar-refractivity contribution is -0.671. The van der Waals surface area contributed by atoms with Gasteiger partial charge in [0, 0.05) is 6.07 Å². The van der Waals surface area contributed by atoms with Gasteiger partial charge in [-0.05, 0) is 25.1 Å². The summed E-state index contributed by atoms with van der Waals surface area (Å²) in [4.78, 5) is 0.152. The average molecular weight is 264 g/mol. The molecule has 0 radical (unpaired) electrons. The van der Waals surface area contributed by atoms with E-state index >= 15 is 0 Å². The molecule has 0 amide bonds. The van der Waals surface area contributed by atoms with E-state index < -0.39 is 10.1 Å². The molecule has 0 N–H and O–H groups in total. The van der Waals surface area contributed by atoms with Crippen LogP contribution in [0.5, 0.6) is 5.75 Å². The maximum Gasteiger partial charge on any atom is 0.339 e. The molecule has 0 aliphatic rings. The molecular weight excluding hydrogens is 250 g/mol. The Kier molecular flexibility index (Phi) is 3.34. The molecule has 0 spiro atoms. The van der Waals surface area contributed by atoms with Crippen molar-refractivity contribution >= 4 is 10.1 Å². The van der Waals surface area contributed by atoms with Crippen LogP contribution in [0.1, 0.15) is 5.56 Å². The quantitative estimate of drug-likeness (QED) is 0.625. The Balaban J connectivity index is 2.30. The summed E-state index contributed by atoms with van der Waals surface area (Å²) >= 11 is 0. The minimum absolute atomic E-state index is 0.152. The molecule has 0 saturated heterocycles. The van der Waals surface area contributed by atoms with E-state index in [1.807, 2.05) is 6.92 Å². The summed E-state index contributed by atoms with van der Waals surface area (Å²) in [5.74, 6) is 0.292. The molecule has 18 heavy (non-hydrogen) atoms. The Morgan fingerprint density at radius 1 is 1.11 bits per heavy atom. The number of aryl methyl sites for hydroxylation is 2. The van der Waals surface area contributed by atoms with Crippen molar-refractivity contribution in [3.05, 3.63) is 54.4 Å². The lowest BCUT2D eigenvalue weighted by Gasteiger charge is -2.05. The number of aromatic nitrogens is 1. The highest BCUT2D eigenvalue weighted by molar-refractivity contribution is 7.87. The topological polar surface area (TPSA) is 47.3 Å². The Labute approximate surface area is 107 Å². The van der Waals surface area contributed by atoms with E-state index in [9.17, 15) is 8.42 Å². The van der Waals surface area contributed by atoms with Gasteiger partial charge in [-0.1, -0.05) is 17.7 Å². The van der Waals surface area contributed by atoms with Crippen molar-refractivity contribution in [3.63, 3.8) is 0 Å². The maximum atomic E-state index is 12.0. The minimum Gasteiger partial charge on any atom is -0.373 e. The summed E-state index contributed by atoms with van der Waals surface area (Å²) in [6.07, 6.45) is 3.40. The highest BCUT2D eigenvalue weighted by atomic mass is 32.2. The molecule has 1 aromatic carbocycles. The van der Waals surface area contributed by atoms with Crippen molar-refractivity contribution in [2.45, 2.75) is 11.8 Å². The van der Waals surface area contributed by atoms with Crippen LogP contribution >= 0.6 is 0 Å². The molecule has 0 aliphatic heterocycles. The van der Waals surface area contributed by atoms with Crippen LogP contribution in [-0.4, -0.2) is 8.42 Å². The molecular formula is C13H14NO3S+. The minimum atomic E-state index is -3.76. The van der Waals surface area contributed by atoms with Crippen molar-refractivity contribution in [3.8, 4) is 5.75 Å². The average Bonchev–Trinajstić information content (AvgIpc) is 2.29. The second-order valence-electron chi connectivity index (χ2n) is 4.06. The van der Waals surface area contributed by atoms with Crippen molar-refractivity contribution in [2.24, 2.45) is 7.05 Å². The number of hydrogen-bond acceptors (Lipinski definition) is 3. The molecule has 4 nitrogen and oxygen atoms in total. The monoisotopic (exact) mass is 264 g/mol. The zero-order chi connectivity index (χ0) is 13.2. The third kappa shape index (κ3) is 2.87. The smallest absolute Gasteiger partial charge is 0.339 e. The largest absolute Gasteiger partial charge is 0.373 e. The first-order valence-corrected chi connectivity index (χ1v) is 6.85. The predicted molar refractivity (Wildman–Crippen MR) is 66.6 cm³/mol. The van der Waals surface area contributed by atoms with Crippen LogP contribution in [0.4, 0.5) is 0 Å². The summed E-state index contributed by atoms with van der Waals surface area (Å²) in [7, 11) is -1.96. The molecule has 0 atom stereocenters. The van der Waals surface area contributed by atoms with Crippen LogP contribution in [0.25, 0.3) is 0 Å². The normalized spacial score (nSPS) is 11.2. The third-order valence-corrected chi connectivity index (χ3v) is 3.69. The first-order valence-electron chi connectivity index (χ1n) is 5.44. The second-order valence-corrected chi connectivity index (χ2v) is 5.60. The highest BCUT2D eigenvalue weighted by Gasteiger charge is 2.17. The zero-order valence-corrected chi connectivity index (χ0v) is 11.0. The third-order valence-electron chi connectivity index (χ3n) is 2.43. The van der Waals surface area contributed by atoms with Crippen LogP contribution in [-0.2, 0) is 17.2 Å². The number of pyridine rings is 1. The van der Waals surface area contributed by atoms with Gasteiger partial charge >= 0.3 is 10.1 Å². The summed E-state index contributed by atoms with van der Waals surface area (Å²) in [6, 6.07) is 9.87. The summed E-state index contributed by atoms with van der Waals surface area (Å²) in [5.41, 5.74) is 1.00. The fourth-order valence-corrected chi connectivity index (χ4v) is 2.41. The maximum absolute atomic E-state index is 12.0. The Morgan fingerprint density at radius 3 is 2.39 bits per heavy atom. The van der Waals surface area contributed by atoms with E-state index in [0.29, 0.717) is 5.75 Å². The Bertz CT molecular complexity index is 648. The summed E-state index contributed by atoms with van der Waals surface area (Å²) < 4.78 is 30.8. The summed E-state index contributed by atoms with van der Waals surface area (Å²) in [6.45, 7) is 1.90. The van der Waals surface area contributed by atoms with Crippen LogP contribution < -0.4 is 8.75 Å². The Hall–Kier alpha value is -1.88. The molecule has 0 saturated carbocycles. The van der Waals surface area contributed by atoms with Gasteiger partial charge in [-0.25, -0.2) is 4.57 Å². The zero-order valence-electron chi connectivity index (χ0n) is 10.2. The van der Waals surface area contributed by atoms with Gasteiger partial charge in [-0.3, -0.25) is 0 Å². The van der Waals surface area contributed by atoms with Gasteiger partial charge in [0.05, 0.1) is 0 Å². The van der Waals surface area contributed by atoms with E-state index in [2.05, 4.69) is 0 Å². The lowest BCUT2D eigenvalue weighted by atomic mass is 10.2. The predicted octanol–water partition coefficient (Wildman–Crippen LogP) is 1.59. The van der Waals surface area contributed by atoms with Gasteiger partial charge in [0.2, 0.25) is 11.9 Å². The fraction of sp³-hybridized carbons (Fsp3) is 0.154. The van der Waals surface area contributed by atoms with Gasteiger partial charge in [0.15, 0.2) is 6.20 Å². The number of benzene rings is 1. The van der Waals surface area contributed by atoms with Gasteiger partial charge in [-0.2, -0.15) is 8.42 Å². The molecule has 94 valence electrons. The van der Waals surface area contributed by atoms with Gasteiger partial charge in [0.1, 0.15) is 11.9 Å². The van der Waals surface area contributed by atoms with Crippen molar-refractivity contribution in [1.29, 1.82) is 0 Å². The molecule has 2 rings (SSSR count). The van der Waals surface area contributed by atoms with Crippen molar-refractivity contribution in [2.75, 3.05) is 0 Å². The van der Waals surface area contributed by atoms with Gasteiger partial charge < -0.3 is 4.18 Å². The molecule has 0 fully saturated rings.